The van der Waals surface area contributed by atoms with Gasteiger partial charge in [-0.25, -0.2) is 8.78 Å². The number of hydrogen-bond donors (Lipinski definition) is 1. The molecule has 4 rings (SSSR count). The number of amides is 1. The van der Waals surface area contributed by atoms with Crippen LogP contribution in [-0.2, 0) is 14.3 Å². The first kappa shape index (κ1) is 15.9. The minimum absolute atomic E-state index is 0.152. The minimum atomic E-state index is -0.795. The molecule has 0 bridgehead atoms. The van der Waals surface area contributed by atoms with Crippen molar-refractivity contribution in [3.05, 3.63) is 29.8 Å². The first-order valence-electron chi connectivity index (χ1n) is 8.23. The van der Waals surface area contributed by atoms with Crippen LogP contribution in [0.4, 0.5) is 14.5 Å². The zero-order chi connectivity index (χ0) is 16.9. The number of anilines is 1. The molecule has 0 aromatic heterocycles. The maximum Gasteiger partial charge on any atom is 0.233 e. The number of ether oxygens (including phenoxy) is 2. The van der Waals surface area contributed by atoms with Gasteiger partial charge in [0.25, 0.3) is 0 Å². The molecule has 1 aromatic rings. The van der Waals surface area contributed by atoms with E-state index in [0.717, 1.165) is 6.07 Å². The molecule has 3 aliphatic rings. The molecule has 2 atom stereocenters. The van der Waals surface area contributed by atoms with E-state index in [9.17, 15) is 13.6 Å². The molecule has 24 heavy (non-hydrogen) atoms. The largest absolute Gasteiger partial charge is 0.347 e. The van der Waals surface area contributed by atoms with E-state index in [0.29, 0.717) is 45.4 Å². The smallest absolute Gasteiger partial charge is 0.233 e. The molecule has 0 radical (unpaired) electrons. The quantitative estimate of drug-likeness (QED) is 0.850. The summed E-state index contributed by atoms with van der Waals surface area (Å²) in [5, 5.41) is 0. The van der Waals surface area contributed by atoms with Gasteiger partial charge in [0, 0.05) is 37.2 Å². The summed E-state index contributed by atoms with van der Waals surface area (Å²) < 4.78 is 38.6. The molecule has 1 unspecified atom stereocenters. The van der Waals surface area contributed by atoms with E-state index in [4.69, 9.17) is 15.2 Å². The van der Waals surface area contributed by atoms with Gasteiger partial charge in [0.15, 0.2) is 5.79 Å². The molecule has 2 saturated heterocycles. The summed E-state index contributed by atoms with van der Waals surface area (Å²) in [6.07, 6.45) is 2.12. The highest BCUT2D eigenvalue weighted by Crippen LogP contribution is 2.51. The molecular weight excluding hydrogens is 318 g/mol. The van der Waals surface area contributed by atoms with Gasteiger partial charge < -0.3 is 20.1 Å². The van der Waals surface area contributed by atoms with E-state index in [2.05, 4.69) is 0 Å². The Kier molecular flexibility index (Phi) is 3.63. The molecule has 2 spiro atoms. The molecule has 3 fully saturated rings. The van der Waals surface area contributed by atoms with Crippen molar-refractivity contribution < 1.29 is 23.0 Å². The highest BCUT2D eigenvalue weighted by Gasteiger charge is 2.58. The third-order valence-corrected chi connectivity index (χ3v) is 5.32. The van der Waals surface area contributed by atoms with Crippen molar-refractivity contribution in [1.82, 2.24) is 0 Å². The summed E-state index contributed by atoms with van der Waals surface area (Å²) in [6.45, 7) is 1.40. The van der Waals surface area contributed by atoms with Crippen LogP contribution in [0, 0.1) is 17.0 Å². The molecular formula is C17H20F2N2O3. The van der Waals surface area contributed by atoms with Gasteiger partial charge in [-0.05, 0) is 25.0 Å². The van der Waals surface area contributed by atoms with Crippen LogP contribution in [0.2, 0.25) is 0 Å². The zero-order valence-corrected chi connectivity index (χ0v) is 13.3. The van der Waals surface area contributed by atoms with E-state index >= 15 is 0 Å². The Morgan fingerprint density at radius 1 is 1.12 bits per heavy atom. The number of carbonyl (C=O) groups excluding carboxylic acids is 1. The lowest BCUT2D eigenvalue weighted by Crippen LogP contribution is -2.53. The molecule has 1 aromatic carbocycles. The topological polar surface area (TPSA) is 64.8 Å². The molecule has 1 saturated carbocycles. The van der Waals surface area contributed by atoms with E-state index in [-0.39, 0.29) is 17.6 Å². The molecule has 7 heteroatoms. The fraction of sp³-hybridized carbons (Fsp3) is 0.588. The van der Waals surface area contributed by atoms with Crippen LogP contribution in [0.3, 0.4) is 0 Å². The van der Waals surface area contributed by atoms with E-state index < -0.39 is 22.8 Å². The predicted molar refractivity (Wildman–Crippen MR) is 82.2 cm³/mol. The number of benzene rings is 1. The fourth-order valence-corrected chi connectivity index (χ4v) is 4.47. The second-order valence-corrected chi connectivity index (χ2v) is 7.07. The second-order valence-electron chi connectivity index (χ2n) is 7.07. The lowest BCUT2D eigenvalue weighted by molar-refractivity contribution is -0.204. The van der Waals surface area contributed by atoms with Crippen LogP contribution in [0.25, 0.3) is 0 Å². The average Bonchev–Trinajstić information content (AvgIpc) is 3.04. The van der Waals surface area contributed by atoms with Crippen LogP contribution >= 0.6 is 0 Å². The minimum Gasteiger partial charge on any atom is -0.347 e. The summed E-state index contributed by atoms with van der Waals surface area (Å²) in [6, 6.07) is 2.96. The predicted octanol–water partition coefficient (Wildman–Crippen LogP) is 1.94. The van der Waals surface area contributed by atoms with Crippen molar-refractivity contribution in [2.45, 2.75) is 37.5 Å². The number of halogens is 2. The molecule has 2 heterocycles. The van der Waals surface area contributed by atoms with Crippen LogP contribution in [-0.4, -0.2) is 37.5 Å². The van der Waals surface area contributed by atoms with Gasteiger partial charge in [-0.2, -0.15) is 0 Å². The average molecular weight is 338 g/mol. The Morgan fingerprint density at radius 3 is 2.46 bits per heavy atom. The van der Waals surface area contributed by atoms with Gasteiger partial charge in [0.2, 0.25) is 5.91 Å². The van der Waals surface area contributed by atoms with Gasteiger partial charge in [0.05, 0.1) is 18.6 Å². The standard InChI is InChI=1S/C17H20F2N2O3/c18-11-5-12(19)7-14(6-11)21-2-1-16(15(21)22)8-13(20)9-17(10-16)23-3-4-24-17/h5-7,13H,1-4,8-10,20H2/t13?,16-/m1/s1. The summed E-state index contributed by atoms with van der Waals surface area (Å²) in [7, 11) is 0. The number of rotatable bonds is 1. The number of carbonyl (C=O) groups is 1. The monoisotopic (exact) mass is 338 g/mol. The van der Waals surface area contributed by atoms with Gasteiger partial charge in [0.1, 0.15) is 11.6 Å². The maximum absolute atomic E-state index is 13.5. The maximum atomic E-state index is 13.5. The van der Waals surface area contributed by atoms with Crippen molar-refractivity contribution in [2.24, 2.45) is 11.1 Å². The molecule has 5 nitrogen and oxygen atoms in total. The second kappa shape index (κ2) is 5.47. The van der Waals surface area contributed by atoms with Gasteiger partial charge in [-0.3, -0.25) is 4.79 Å². The normalized spacial score (nSPS) is 32.2. The van der Waals surface area contributed by atoms with Gasteiger partial charge in [-0.15, -0.1) is 0 Å². The lowest BCUT2D eigenvalue weighted by atomic mass is 9.68. The lowest BCUT2D eigenvalue weighted by Gasteiger charge is -2.44. The van der Waals surface area contributed by atoms with Crippen molar-refractivity contribution in [3.63, 3.8) is 0 Å². The van der Waals surface area contributed by atoms with Crippen LogP contribution in [0.15, 0.2) is 18.2 Å². The van der Waals surface area contributed by atoms with Gasteiger partial charge in [-0.1, -0.05) is 0 Å². The summed E-state index contributed by atoms with van der Waals surface area (Å²) >= 11 is 0. The molecule has 1 amide bonds. The SMILES string of the molecule is NC1CC2(C[C@@]3(CCN(c4cc(F)cc(F)c4)C3=O)C1)OCCO2. The van der Waals surface area contributed by atoms with Crippen molar-refractivity contribution in [2.75, 3.05) is 24.7 Å². The van der Waals surface area contributed by atoms with Gasteiger partial charge >= 0.3 is 0 Å². The van der Waals surface area contributed by atoms with Crippen molar-refractivity contribution in [3.8, 4) is 0 Å². The first-order chi connectivity index (χ1) is 11.4. The van der Waals surface area contributed by atoms with Crippen LogP contribution in [0.5, 0.6) is 0 Å². The van der Waals surface area contributed by atoms with Crippen molar-refractivity contribution >= 4 is 11.6 Å². The molecule has 2 aliphatic heterocycles. The van der Waals surface area contributed by atoms with Crippen molar-refractivity contribution in [1.29, 1.82) is 0 Å². The summed E-state index contributed by atoms with van der Waals surface area (Å²) in [5.41, 5.74) is 5.74. The Bertz CT molecular complexity index is 658. The Labute approximate surface area is 138 Å². The molecule has 2 N–H and O–H groups in total. The highest BCUT2D eigenvalue weighted by molar-refractivity contribution is 6.00. The number of hydrogen-bond acceptors (Lipinski definition) is 4. The zero-order valence-electron chi connectivity index (χ0n) is 13.3. The third-order valence-electron chi connectivity index (χ3n) is 5.32. The van der Waals surface area contributed by atoms with E-state index in [1.807, 2.05) is 0 Å². The Morgan fingerprint density at radius 2 is 1.79 bits per heavy atom. The van der Waals surface area contributed by atoms with Crippen LogP contribution < -0.4 is 10.6 Å². The highest BCUT2D eigenvalue weighted by atomic mass is 19.1. The molecule has 130 valence electrons. The van der Waals surface area contributed by atoms with Crippen LogP contribution in [0.1, 0.15) is 25.7 Å². The Balaban J connectivity index is 1.64. The van der Waals surface area contributed by atoms with E-state index in [1.54, 1.807) is 0 Å². The third kappa shape index (κ3) is 2.51. The summed E-state index contributed by atoms with van der Waals surface area (Å²) in [5.74, 6) is -2.34. The summed E-state index contributed by atoms with van der Waals surface area (Å²) in [4.78, 5) is 14.6. The first-order valence-corrected chi connectivity index (χ1v) is 8.23. The number of nitrogens with zero attached hydrogens (tertiary/aromatic N) is 1. The number of nitrogens with two attached hydrogens (primary N) is 1. The Hall–Kier alpha value is -1.57. The fourth-order valence-electron chi connectivity index (χ4n) is 4.47. The van der Waals surface area contributed by atoms with E-state index in [1.165, 1.54) is 17.0 Å². The molecule has 1 aliphatic carbocycles.